The third-order valence-electron chi connectivity index (χ3n) is 10.5. The number of halogens is 2. The van der Waals surface area contributed by atoms with Crippen molar-refractivity contribution in [1.29, 1.82) is 5.41 Å². The van der Waals surface area contributed by atoms with Crippen LogP contribution in [0.15, 0.2) is 29.2 Å². The van der Waals surface area contributed by atoms with Gasteiger partial charge in [-0.15, -0.1) is 0 Å². The Morgan fingerprint density at radius 2 is 1.71 bits per heavy atom. The number of hydrogen-bond donors (Lipinski definition) is 2. The minimum atomic E-state index is -1.18. The van der Waals surface area contributed by atoms with Gasteiger partial charge in [0.1, 0.15) is 17.2 Å². The SMILES string of the molecule is CC.CCCCCCCCCCOC(=O)Oc1c2n(cc(C(=O)NCc3ccc(F)cc3F)c1=O)[C@]1(C)CN(C2=O)[C@@H](C)CC[C@]1(C)CC(=N)OC.[HH]. The van der Waals surface area contributed by atoms with Crippen LogP contribution >= 0.6 is 0 Å². The Labute approximate surface area is 307 Å². The lowest BCUT2D eigenvalue weighted by atomic mass is 9.66. The molecule has 0 radical (unpaired) electrons. The molecule has 0 spiro atoms. The molecule has 2 aromatic rings. The highest BCUT2D eigenvalue weighted by atomic mass is 19.1. The van der Waals surface area contributed by atoms with Crippen LogP contribution < -0.4 is 15.5 Å². The monoisotopic (exact) mass is 732 g/mol. The van der Waals surface area contributed by atoms with Crippen LogP contribution in [-0.2, 0) is 21.6 Å². The molecule has 4 rings (SSSR count). The number of ether oxygens (including phenoxy) is 3. The number of methoxy groups -OCH3 is 1. The number of carbonyl (C=O) groups excluding carboxylic acids is 3. The van der Waals surface area contributed by atoms with E-state index in [1.54, 1.807) is 4.90 Å². The van der Waals surface area contributed by atoms with Crippen LogP contribution in [0.25, 0.3) is 0 Å². The Hall–Kier alpha value is -4.29. The zero-order valence-corrected chi connectivity index (χ0v) is 31.8. The molecule has 11 nitrogen and oxygen atoms in total. The van der Waals surface area contributed by atoms with Crippen molar-refractivity contribution in [1.82, 2.24) is 14.8 Å². The smallest absolute Gasteiger partial charge is 0.484 e. The van der Waals surface area contributed by atoms with E-state index in [9.17, 15) is 28.0 Å². The number of fused-ring (bicyclic) bond motifs is 4. The van der Waals surface area contributed by atoms with E-state index >= 15 is 0 Å². The first-order chi connectivity index (χ1) is 24.8. The number of unbranched alkanes of at least 4 members (excludes halogenated alkanes) is 7. The highest BCUT2D eigenvalue weighted by molar-refractivity contribution is 6.00. The molecule has 0 unspecified atom stereocenters. The Morgan fingerprint density at radius 1 is 1.06 bits per heavy atom. The largest absolute Gasteiger partial charge is 0.514 e. The standard InChI is InChI=1S/C37H50F2N4O7.C2H6.H2/c1-6-7-8-9-10-11-12-13-18-49-35(47)50-32-30-34(46)42-23-37(4,36(3,17-16-24(42)2)20-29(40)48-5)43(30)22-27(31(32)44)33(45)41-21-25-14-15-26(38)19-28(25)39;1-2;/h14-15,19,22,24,40H,6-13,16-18,20-21,23H2,1-5H3,(H,41,45);1-2H3;1H/t24-,36+,37+;;/m0../s1. The maximum absolute atomic E-state index is 14.4. The number of benzene rings is 1. The molecule has 0 aliphatic carbocycles. The molecule has 2 amide bonds. The molecule has 2 aliphatic heterocycles. The van der Waals surface area contributed by atoms with Crippen LogP contribution in [0.5, 0.6) is 5.75 Å². The van der Waals surface area contributed by atoms with Crippen LogP contribution in [0.3, 0.4) is 0 Å². The van der Waals surface area contributed by atoms with Crippen molar-refractivity contribution < 1.29 is 38.8 Å². The first kappa shape index (κ1) is 42.1. The van der Waals surface area contributed by atoms with Crippen LogP contribution in [0.4, 0.5) is 13.6 Å². The Morgan fingerprint density at radius 3 is 2.35 bits per heavy atom. The molecule has 52 heavy (non-hydrogen) atoms. The third-order valence-corrected chi connectivity index (χ3v) is 10.5. The summed E-state index contributed by atoms with van der Waals surface area (Å²) in [7, 11) is 1.41. The number of aromatic nitrogens is 1. The predicted octanol–water partition coefficient (Wildman–Crippen LogP) is 8.36. The minimum Gasteiger partial charge on any atom is -0.484 e. The second-order valence-corrected chi connectivity index (χ2v) is 14.0. The summed E-state index contributed by atoms with van der Waals surface area (Å²) in [6.07, 6.45) is 9.68. The van der Waals surface area contributed by atoms with Gasteiger partial charge < -0.3 is 29.0 Å². The van der Waals surface area contributed by atoms with E-state index in [1.165, 1.54) is 43.2 Å². The topological polar surface area (TPSA) is 140 Å². The summed E-state index contributed by atoms with van der Waals surface area (Å²) in [5, 5.41) is 10.9. The second kappa shape index (κ2) is 19.0. The van der Waals surface area contributed by atoms with E-state index in [1.807, 2.05) is 34.6 Å². The molecule has 1 aromatic carbocycles. The van der Waals surface area contributed by atoms with Crippen molar-refractivity contribution in [2.45, 2.75) is 130 Å². The number of nitrogens with one attached hydrogen (secondary N) is 2. The van der Waals surface area contributed by atoms with Crippen LogP contribution in [0.1, 0.15) is 140 Å². The van der Waals surface area contributed by atoms with Gasteiger partial charge in [0.25, 0.3) is 11.8 Å². The Bertz CT molecular complexity index is 1650. The number of nitrogens with zero attached hydrogens (tertiary/aromatic N) is 2. The second-order valence-electron chi connectivity index (χ2n) is 14.0. The fourth-order valence-corrected chi connectivity index (χ4v) is 6.99. The molecule has 290 valence electrons. The van der Waals surface area contributed by atoms with E-state index in [0.29, 0.717) is 25.3 Å². The average Bonchev–Trinajstić information content (AvgIpc) is 3.20. The normalized spacial score (nSPS) is 20.5. The van der Waals surface area contributed by atoms with Crippen LogP contribution in [-0.4, -0.2) is 59.6 Å². The van der Waals surface area contributed by atoms with Crippen molar-refractivity contribution in [2.75, 3.05) is 20.3 Å². The summed E-state index contributed by atoms with van der Waals surface area (Å²) in [4.78, 5) is 56.5. The molecule has 0 saturated carbocycles. The van der Waals surface area contributed by atoms with Gasteiger partial charge in [0.2, 0.25) is 11.2 Å². The highest BCUT2D eigenvalue weighted by Crippen LogP contribution is 2.51. The van der Waals surface area contributed by atoms with E-state index in [2.05, 4.69) is 12.2 Å². The van der Waals surface area contributed by atoms with E-state index in [-0.39, 0.29) is 50.7 Å². The lowest BCUT2D eigenvalue weighted by Crippen LogP contribution is -2.60. The molecular formula is C39H58F2N4O7. The summed E-state index contributed by atoms with van der Waals surface area (Å²) < 4.78 is 45.5. The first-order valence-electron chi connectivity index (χ1n) is 18.6. The summed E-state index contributed by atoms with van der Waals surface area (Å²) in [5.74, 6) is -3.75. The number of carbonyl (C=O) groups is 3. The summed E-state index contributed by atoms with van der Waals surface area (Å²) in [6.45, 7) is 11.8. The fraction of sp³-hybridized carbons (Fsp3) is 0.615. The summed E-state index contributed by atoms with van der Waals surface area (Å²) >= 11 is 0. The van der Waals surface area contributed by atoms with E-state index in [0.717, 1.165) is 31.7 Å². The van der Waals surface area contributed by atoms with Crippen LogP contribution in [0.2, 0.25) is 0 Å². The van der Waals surface area contributed by atoms with E-state index < -0.39 is 57.3 Å². The number of hydrogen-bond acceptors (Lipinski definition) is 8. The zero-order valence-electron chi connectivity index (χ0n) is 31.8. The first-order valence-corrected chi connectivity index (χ1v) is 18.6. The number of amides is 2. The van der Waals surface area contributed by atoms with Crippen molar-refractivity contribution in [2.24, 2.45) is 5.41 Å². The maximum atomic E-state index is 14.4. The predicted molar refractivity (Wildman–Crippen MR) is 197 cm³/mol. The van der Waals surface area contributed by atoms with Gasteiger partial charge in [0.15, 0.2) is 11.6 Å². The van der Waals surface area contributed by atoms with Gasteiger partial charge in [0.05, 0.1) is 19.3 Å². The minimum absolute atomic E-state index is 0. The molecule has 1 aromatic heterocycles. The number of rotatable bonds is 15. The molecule has 2 N–H and O–H groups in total. The molecule has 1 saturated heterocycles. The van der Waals surface area contributed by atoms with E-state index in [4.69, 9.17) is 19.6 Å². The number of pyridine rings is 1. The maximum Gasteiger partial charge on any atom is 0.514 e. The molecule has 2 bridgehead atoms. The Balaban J connectivity index is 0.00000318. The summed E-state index contributed by atoms with van der Waals surface area (Å²) in [5.41, 5.74) is -3.44. The fourth-order valence-electron chi connectivity index (χ4n) is 6.99. The molecule has 3 heterocycles. The van der Waals surface area contributed by atoms with Gasteiger partial charge in [-0.05, 0) is 39.2 Å². The molecule has 13 heteroatoms. The molecule has 2 aliphatic rings. The van der Waals surface area contributed by atoms with Gasteiger partial charge in [-0.1, -0.05) is 78.7 Å². The summed E-state index contributed by atoms with van der Waals surface area (Å²) in [6, 6.07) is 2.66. The average molecular weight is 733 g/mol. The molecular weight excluding hydrogens is 674 g/mol. The van der Waals surface area contributed by atoms with Gasteiger partial charge in [-0.3, -0.25) is 19.8 Å². The Kier molecular flexibility index (Phi) is 15.4. The lowest BCUT2D eigenvalue weighted by molar-refractivity contribution is 0.0205. The molecule has 1 fully saturated rings. The van der Waals surface area contributed by atoms with Crippen molar-refractivity contribution in [3.05, 3.63) is 63.1 Å². The van der Waals surface area contributed by atoms with Gasteiger partial charge in [-0.25, -0.2) is 13.6 Å². The highest BCUT2D eigenvalue weighted by Gasteiger charge is 2.55. The lowest BCUT2D eigenvalue weighted by Gasteiger charge is -2.52. The van der Waals surface area contributed by atoms with Gasteiger partial charge >= 0.3 is 6.16 Å². The van der Waals surface area contributed by atoms with Crippen molar-refractivity contribution in [3.8, 4) is 5.75 Å². The van der Waals surface area contributed by atoms with Crippen LogP contribution in [0, 0.1) is 22.5 Å². The van der Waals surface area contributed by atoms with Crippen molar-refractivity contribution in [3.63, 3.8) is 0 Å². The molecule has 3 atom stereocenters. The van der Waals surface area contributed by atoms with Crippen molar-refractivity contribution >= 4 is 23.9 Å². The third kappa shape index (κ3) is 9.57. The quantitative estimate of drug-likeness (QED) is 0.0812. The van der Waals surface area contributed by atoms with Gasteiger partial charge in [-0.2, -0.15) is 0 Å². The zero-order chi connectivity index (χ0) is 38.6. The van der Waals surface area contributed by atoms with Gasteiger partial charge in [0, 0.05) is 50.2 Å².